The van der Waals surface area contributed by atoms with Crippen molar-refractivity contribution >= 4 is 41.9 Å². The molecule has 1 unspecified atom stereocenters. The molecule has 3 aromatic rings. The van der Waals surface area contributed by atoms with Gasteiger partial charge in [0, 0.05) is 19.3 Å². The number of pyridine rings is 1. The van der Waals surface area contributed by atoms with E-state index in [0.717, 1.165) is 43.6 Å². The summed E-state index contributed by atoms with van der Waals surface area (Å²) in [5, 5.41) is 6.41. The van der Waals surface area contributed by atoms with Gasteiger partial charge in [0.05, 0.1) is 11.9 Å². The maximum Gasteiger partial charge on any atom is 0.252 e. The Bertz CT molecular complexity index is 910. The van der Waals surface area contributed by atoms with Crippen LogP contribution in [0.2, 0.25) is 0 Å². The van der Waals surface area contributed by atoms with Gasteiger partial charge in [-0.05, 0) is 49.9 Å². The third-order valence-electron chi connectivity index (χ3n) is 5.15. The van der Waals surface area contributed by atoms with Crippen molar-refractivity contribution in [3.63, 3.8) is 0 Å². The Morgan fingerprint density at radius 1 is 1.21 bits per heavy atom. The highest BCUT2D eigenvalue weighted by molar-refractivity contribution is 5.96. The topological polar surface area (TPSA) is 71.8 Å². The van der Waals surface area contributed by atoms with E-state index in [1.165, 1.54) is 12.0 Å². The number of carbonyl (C=O) groups excluding carboxylic acids is 1. The molecule has 1 amide bonds. The minimum Gasteiger partial charge on any atom is -0.352 e. The zero-order chi connectivity index (χ0) is 18.5. The molecule has 8 heteroatoms. The molecule has 6 nitrogen and oxygen atoms in total. The summed E-state index contributed by atoms with van der Waals surface area (Å²) in [6.45, 7) is 3.57. The van der Waals surface area contributed by atoms with Crippen LogP contribution in [-0.4, -0.2) is 40.1 Å². The van der Waals surface area contributed by atoms with E-state index in [4.69, 9.17) is 0 Å². The van der Waals surface area contributed by atoms with Gasteiger partial charge in [-0.2, -0.15) is 0 Å². The molecule has 29 heavy (non-hydrogen) atoms. The average molecular weight is 436 g/mol. The molecular formula is C21H27Cl2N5O. The number of carbonyl (C=O) groups is 1. The quantitative estimate of drug-likeness (QED) is 0.623. The molecule has 2 N–H and O–H groups in total. The summed E-state index contributed by atoms with van der Waals surface area (Å²) in [7, 11) is 0. The van der Waals surface area contributed by atoms with Gasteiger partial charge < -0.3 is 15.2 Å². The lowest BCUT2D eigenvalue weighted by atomic mass is 10.00. The Hall–Kier alpha value is -2.15. The number of aryl methyl sites for hydroxylation is 2. The Labute approximate surface area is 183 Å². The number of fused-ring (bicyclic) bond motifs is 1. The van der Waals surface area contributed by atoms with Gasteiger partial charge in [0.15, 0.2) is 5.65 Å². The lowest BCUT2D eigenvalue weighted by molar-refractivity contribution is 0.0944. The maximum absolute atomic E-state index is 12.4. The molecule has 0 spiro atoms. The number of piperidine rings is 1. The summed E-state index contributed by atoms with van der Waals surface area (Å²) in [6.07, 6.45) is 6.71. The van der Waals surface area contributed by atoms with Gasteiger partial charge in [0.25, 0.3) is 5.91 Å². The summed E-state index contributed by atoms with van der Waals surface area (Å²) in [6, 6.07) is 12.2. The van der Waals surface area contributed by atoms with E-state index < -0.39 is 0 Å². The van der Waals surface area contributed by atoms with Gasteiger partial charge in [0.2, 0.25) is 0 Å². The second kappa shape index (κ2) is 11.1. The van der Waals surface area contributed by atoms with Crippen LogP contribution in [0.3, 0.4) is 0 Å². The van der Waals surface area contributed by atoms with Crippen LogP contribution in [0.4, 0.5) is 0 Å². The largest absolute Gasteiger partial charge is 0.352 e. The predicted octanol–water partition coefficient (Wildman–Crippen LogP) is 3.25. The Morgan fingerprint density at radius 2 is 2.03 bits per heavy atom. The van der Waals surface area contributed by atoms with Crippen molar-refractivity contribution in [2.75, 3.05) is 19.6 Å². The van der Waals surface area contributed by atoms with Crippen LogP contribution >= 0.6 is 24.8 Å². The Balaban J connectivity index is 0.00000150. The van der Waals surface area contributed by atoms with Crippen molar-refractivity contribution in [2.24, 2.45) is 5.92 Å². The molecule has 2 aromatic heterocycles. The summed E-state index contributed by atoms with van der Waals surface area (Å²) >= 11 is 0. The number of benzene rings is 1. The molecule has 1 aliphatic rings. The highest BCUT2D eigenvalue weighted by atomic mass is 35.5. The fourth-order valence-corrected chi connectivity index (χ4v) is 3.57. The smallest absolute Gasteiger partial charge is 0.252 e. The number of amides is 1. The number of rotatable bonds is 6. The lowest BCUT2D eigenvalue weighted by Gasteiger charge is -2.22. The highest BCUT2D eigenvalue weighted by Gasteiger charge is 2.15. The van der Waals surface area contributed by atoms with Crippen LogP contribution in [0.25, 0.3) is 11.2 Å². The summed E-state index contributed by atoms with van der Waals surface area (Å²) in [5.74, 6) is 0.436. The molecule has 0 saturated carbocycles. The first kappa shape index (κ1) is 23.1. The van der Waals surface area contributed by atoms with Crippen molar-refractivity contribution in [3.05, 3.63) is 60.0 Å². The molecule has 0 bridgehead atoms. The van der Waals surface area contributed by atoms with Crippen molar-refractivity contribution in [1.82, 2.24) is 25.2 Å². The molecule has 4 rings (SSSR count). The van der Waals surface area contributed by atoms with E-state index in [0.29, 0.717) is 18.0 Å². The van der Waals surface area contributed by atoms with E-state index in [2.05, 4.69) is 32.7 Å². The molecular weight excluding hydrogens is 409 g/mol. The number of nitrogens with zero attached hydrogens (tertiary/aromatic N) is 3. The van der Waals surface area contributed by atoms with Gasteiger partial charge in [-0.3, -0.25) is 4.79 Å². The van der Waals surface area contributed by atoms with E-state index in [-0.39, 0.29) is 30.7 Å². The van der Waals surface area contributed by atoms with Crippen molar-refractivity contribution in [2.45, 2.75) is 25.8 Å². The number of halogens is 2. The molecule has 3 heterocycles. The third kappa shape index (κ3) is 5.92. The van der Waals surface area contributed by atoms with E-state index in [1.54, 1.807) is 12.5 Å². The molecule has 1 atom stereocenters. The number of aromatic nitrogens is 3. The fourth-order valence-electron chi connectivity index (χ4n) is 3.57. The Morgan fingerprint density at radius 3 is 2.79 bits per heavy atom. The van der Waals surface area contributed by atoms with Gasteiger partial charge in [-0.1, -0.05) is 30.3 Å². The fraction of sp³-hybridized carbons (Fsp3) is 0.381. The van der Waals surface area contributed by atoms with Gasteiger partial charge in [-0.15, -0.1) is 24.8 Å². The molecule has 1 aliphatic heterocycles. The highest BCUT2D eigenvalue weighted by Crippen LogP contribution is 2.14. The number of hydrogen-bond acceptors (Lipinski definition) is 4. The van der Waals surface area contributed by atoms with Gasteiger partial charge in [0.1, 0.15) is 5.52 Å². The van der Waals surface area contributed by atoms with E-state index in [9.17, 15) is 4.79 Å². The molecule has 156 valence electrons. The molecule has 1 fully saturated rings. The average Bonchev–Trinajstić information content (AvgIpc) is 3.14. The lowest BCUT2D eigenvalue weighted by Crippen LogP contribution is -2.38. The summed E-state index contributed by atoms with van der Waals surface area (Å²) < 4.78 is 2.04. The van der Waals surface area contributed by atoms with Crippen molar-refractivity contribution < 1.29 is 4.79 Å². The monoisotopic (exact) mass is 435 g/mol. The second-order valence-electron chi connectivity index (χ2n) is 7.16. The molecule has 0 radical (unpaired) electrons. The Kier molecular flexibility index (Phi) is 8.89. The first-order valence-electron chi connectivity index (χ1n) is 9.63. The predicted molar refractivity (Wildman–Crippen MR) is 120 cm³/mol. The van der Waals surface area contributed by atoms with Crippen LogP contribution in [0.5, 0.6) is 0 Å². The normalized spacial score (nSPS) is 15.9. The van der Waals surface area contributed by atoms with Crippen molar-refractivity contribution in [1.29, 1.82) is 0 Å². The zero-order valence-corrected chi connectivity index (χ0v) is 17.8. The number of nitrogens with one attached hydrogen (secondary N) is 2. The second-order valence-corrected chi connectivity index (χ2v) is 7.16. The van der Waals surface area contributed by atoms with E-state index >= 15 is 0 Å². The first-order valence-corrected chi connectivity index (χ1v) is 9.63. The number of imidazole rings is 1. The number of hydrogen-bond donors (Lipinski definition) is 2. The SMILES string of the molecule is Cl.Cl.O=C(NCC1CCCNC1)c1cnc2c(c1)ncn2CCc1ccccc1. The van der Waals surface area contributed by atoms with Gasteiger partial charge >= 0.3 is 0 Å². The molecule has 1 aromatic carbocycles. The summed E-state index contributed by atoms with van der Waals surface area (Å²) in [4.78, 5) is 21.4. The molecule has 1 saturated heterocycles. The maximum atomic E-state index is 12.4. The first-order chi connectivity index (χ1) is 13.3. The summed E-state index contributed by atoms with van der Waals surface area (Å²) in [5.41, 5.74) is 3.43. The third-order valence-corrected chi connectivity index (χ3v) is 5.15. The van der Waals surface area contributed by atoms with Crippen molar-refractivity contribution in [3.8, 4) is 0 Å². The molecule has 0 aliphatic carbocycles. The van der Waals surface area contributed by atoms with Crippen LogP contribution in [-0.2, 0) is 13.0 Å². The minimum atomic E-state index is -0.0752. The van der Waals surface area contributed by atoms with Crippen LogP contribution in [0, 0.1) is 5.92 Å². The minimum absolute atomic E-state index is 0. The van der Waals surface area contributed by atoms with Crippen LogP contribution < -0.4 is 10.6 Å². The van der Waals surface area contributed by atoms with Crippen LogP contribution in [0.15, 0.2) is 48.9 Å². The van der Waals surface area contributed by atoms with Gasteiger partial charge in [-0.25, -0.2) is 9.97 Å². The standard InChI is InChI=1S/C21H25N5O.2ClH/c27-21(24-13-17-7-4-9-22-12-17)18-11-19-20(23-14-18)26(15-25-19)10-8-16-5-2-1-3-6-16;;/h1-3,5-6,11,14-15,17,22H,4,7-10,12-13H2,(H,24,27);2*1H. The zero-order valence-electron chi connectivity index (χ0n) is 16.2. The van der Waals surface area contributed by atoms with Crippen LogP contribution in [0.1, 0.15) is 28.8 Å². The van der Waals surface area contributed by atoms with E-state index in [1.807, 2.05) is 28.8 Å².